The zero-order valence-corrected chi connectivity index (χ0v) is 14.0. The highest BCUT2D eigenvalue weighted by Gasteiger charge is 2.14. The molecule has 0 aliphatic heterocycles. The molecular weight excluding hydrogens is 320 g/mol. The predicted molar refractivity (Wildman–Crippen MR) is 93.8 cm³/mol. The molecule has 1 aromatic heterocycles. The zero-order valence-electron chi connectivity index (χ0n) is 14.0. The molecule has 3 aromatic rings. The molecule has 25 heavy (non-hydrogen) atoms. The molecular formula is C19H18N2O4. The molecule has 2 aromatic carbocycles. The second kappa shape index (κ2) is 7.53. The van der Waals surface area contributed by atoms with Crippen LogP contribution in [0.1, 0.15) is 5.56 Å². The van der Waals surface area contributed by atoms with Crippen LogP contribution in [0.4, 0.5) is 5.88 Å². The van der Waals surface area contributed by atoms with Gasteiger partial charge in [-0.3, -0.25) is 10.1 Å². The van der Waals surface area contributed by atoms with Crippen LogP contribution in [0.5, 0.6) is 11.5 Å². The SMILES string of the molecule is COc1ccc(CC(=O)Nc2oncc2-c2ccccc2)cc1OC. The van der Waals surface area contributed by atoms with Crippen LogP contribution >= 0.6 is 0 Å². The van der Waals surface area contributed by atoms with Gasteiger partial charge in [-0.2, -0.15) is 0 Å². The van der Waals surface area contributed by atoms with Gasteiger partial charge in [0.1, 0.15) is 0 Å². The van der Waals surface area contributed by atoms with E-state index in [0.717, 1.165) is 16.7 Å². The van der Waals surface area contributed by atoms with Crippen LogP contribution < -0.4 is 14.8 Å². The Bertz CT molecular complexity index is 859. The summed E-state index contributed by atoms with van der Waals surface area (Å²) in [5.74, 6) is 1.32. The molecule has 0 bridgehead atoms. The monoisotopic (exact) mass is 338 g/mol. The molecule has 128 valence electrons. The molecule has 6 nitrogen and oxygen atoms in total. The van der Waals surface area contributed by atoms with E-state index in [4.69, 9.17) is 14.0 Å². The van der Waals surface area contributed by atoms with E-state index in [1.807, 2.05) is 36.4 Å². The molecule has 0 fully saturated rings. The summed E-state index contributed by atoms with van der Waals surface area (Å²) in [5, 5.41) is 6.55. The minimum Gasteiger partial charge on any atom is -0.493 e. The number of rotatable bonds is 6. The number of amides is 1. The average molecular weight is 338 g/mol. The van der Waals surface area contributed by atoms with E-state index in [2.05, 4.69) is 10.5 Å². The fraction of sp³-hybridized carbons (Fsp3) is 0.158. The summed E-state index contributed by atoms with van der Waals surface area (Å²) in [5.41, 5.74) is 2.46. The maximum atomic E-state index is 12.3. The zero-order chi connectivity index (χ0) is 17.6. The number of hydrogen-bond acceptors (Lipinski definition) is 5. The Kier molecular flexibility index (Phi) is 4.99. The first-order chi connectivity index (χ1) is 12.2. The Balaban J connectivity index is 1.73. The van der Waals surface area contributed by atoms with Crippen LogP contribution in [0.25, 0.3) is 11.1 Å². The minimum absolute atomic E-state index is 0.176. The van der Waals surface area contributed by atoms with Crippen LogP contribution in [-0.4, -0.2) is 25.3 Å². The van der Waals surface area contributed by atoms with Gasteiger partial charge in [-0.15, -0.1) is 0 Å². The predicted octanol–water partition coefficient (Wildman–Crippen LogP) is 3.54. The number of carbonyl (C=O) groups excluding carboxylic acids is 1. The molecule has 0 radical (unpaired) electrons. The van der Waals surface area contributed by atoms with Crippen LogP contribution in [0, 0.1) is 0 Å². The Morgan fingerprint density at radius 3 is 2.56 bits per heavy atom. The second-order valence-corrected chi connectivity index (χ2v) is 5.35. The van der Waals surface area contributed by atoms with Crippen molar-refractivity contribution in [3.8, 4) is 22.6 Å². The quantitative estimate of drug-likeness (QED) is 0.744. The summed E-state index contributed by atoms with van der Waals surface area (Å²) in [6.07, 6.45) is 1.76. The number of hydrogen-bond donors (Lipinski definition) is 1. The van der Waals surface area contributed by atoms with E-state index in [-0.39, 0.29) is 12.3 Å². The number of nitrogens with zero attached hydrogens (tertiary/aromatic N) is 1. The molecule has 0 saturated carbocycles. The summed E-state index contributed by atoms with van der Waals surface area (Å²) in [7, 11) is 3.13. The molecule has 3 rings (SSSR count). The number of anilines is 1. The number of benzene rings is 2. The van der Waals surface area contributed by atoms with E-state index in [1.165, 1.54) is 0 Å². The Morgan fingerprint density at radius 1 is 1.08 bits per heavy atom. The third kappa shape index (κ3) is 3.80. The standard InChI is InChI=1S/C19H18N2O4/c1-23-16-9-8-13(10-17(16)24-2)11-18(22)21-19-15(12-20-25-19)14-6-4-3-5-7-14/h3-10,12H,11H2,1-2H3,(H,21,22). The van der Waals surface area contributed by atoms with E-state index < -0.39 is 0 Å². The van der Waals surface area contributed by atoms with Crippen molar-refractivity contribution in [1.29, 1.82) is 0 Å². The summed E-state index contributed by atoms with van der Waals surface area (Å²) in [4.78, 5) is 12.3. The molecule has 0 aliphatic carbocycles. The summed E-state index contributed by atoms with van der Waals surface area (Å²) in [6, 6.07) is 15.0. The molecule has 1 amide bonds. The van der Waals surface area contributed by atoms with Gasteiger partial charge in [-0.1, -0.05) is 41.6 Å². The van der Waals surface area contributed by atoms with Gasteiger partial charge in [0.05, 0.1) is 32.4 Å². The van der Waals surface area contributed by atoms with Crippen molar-refractivity contribution in [2.45, 2.75) is 6.42 Å². The van der Waals surface area contributed by atoms with Crippen molar-refractivity contribution in [2.75, 3.05) is 19.5 Å². The van der Waals surface area contributed by atoms with E-state index in [9.17, 15) is 4.79 Å². The van der Waals surface area contributed by atoms with E-state index >= 15 is 0 Å². The molecule has 0 unspecified atom stereocenters. The smallest absolute Gasteiger partial charge is 0.239 e. The Hall–Kier alpha value is -3.28. The third-order valence-corrected chi connectivity index (χ3v) is 3.72. The van der Waals surface area contributed by atoms with Gasteiger partial charge in [-0.05, 0) is 23.3 Å². The summed E-state index contributed by atoms with van der Waals surface area (Å²) >= 11 is 0. The number of ether oxygens (including phenoxy) is 2. The van der Waals surface area contributed by atoms with Crippen LogP contribution in [0.3, 0.4) is 0 Å². The highest BCUT2D eigenvalue weighted by atomic mass is 16.5. The highest BCUT2D eigenvalue weighted by molar-refractivity contribution is 5.94. The normalized spacial score (nSPS) is 10.3. The fourth-order valence-corrected chi connectivity index (χ4v) is 2.50. The van der Waals surface area contributed by atoms with Crippen molar-refractivity contribution < 1.29 is 18.8 Å². The first kappa shape index (κ1) is 16.6. The van der Waals surface area contributed by atoms with Gasteiger partial charge in [0, 0.05) is 0 Å². The van der Waals surface area contributed by atoms with Gasteiger partial charge < -0.3 is 14.0 Å². The van der Waals surface area contributed by atoms with Gasteiger partial charge >= 0.3 is 0 Å². The lowest BCUT2D eigenvalue weighted by Gasteiger charge is -2.09. The Labute approximate surface area is 145 Å². The maximum Gasteiger partial charge on any atom is 0.239 e. The Morgan fingerprint density at radius 2 is 1.84 bits per heavy atom. The van der Waals surface area contributed by atoms with Crippen LogP contribution in [0.15, 0.2) is 59.3 Å². The van der Waals surface area contributed by atoms with Gasteiger partial charge in [0.15, 0.2) is 11.5 Å². The van der Waals surface area contributed by atoms with Crippen molar-refractivity contribution in [1.82, 2.24) is 5.16 Å². The molecule has 1 heterocycles. The van der Waals surface area contributed by atoms with E-state index in [1.54, 1.807) is 32.5 Å². The fourth-order valence-electron chi connectivity index (χ4n) is 2.50. The average Bonchev–Trinajstić information content (AvgIpc) is 3.10. The first-order valence-electron chi connectivity index (χ1n) is 7.72. The lowest BCUT2D eigenvalue weighted by Crippen LogP contribution is -2.14. The largest absolute Gasteiger partial charge is 0.493 e. The topological polar surface area (TPSA) is 73.6 Å². The molecule has 0 saturated heterocycles. The van der Waals surface area contributed by atoms with Gasteiger partial charge in [0.2, 0.25) is 11.8 Å². The number of carbonyl (C=O) groups is 1. The van der Waals surface area contributed by atoms with Crippen LogP contribution in [0.2, 0.25) is 0 Å². The minimum atomic E-state index is -0.207. The third-order valence-electron chi connectivity index (χ3n) is 3.72. The van der Waals surface area contributed by atoms with Crippen LogP contribution in [-0.2, 0) is 11.2 Å². The molecule has 6 heteroatoms. The van der Waals surface area contributed by atoms with Gasteiger partial charge in [-0.25, -0.2) is 0 Å². The first-order valence-corrected chi connectivity index (χ1v) is 7.72. The number of nitrogens with one attached hydrogen (secondary N) is 1. The van der Waals surface area contributed by atoms with Crippen molar-refractivity contribution >= 4 is 11.8 Å². The molecule has 0 spiro atoms. The van der Waals surface area contributed by atoms with Gasteiger partial charge in [0.25, 0.3) is 0 Å². The molecule has 0 aliphatic rings. The van der Waals surface area contributed by atoms with E-state index in [0.29, 0.717) is 17.4 Å². The lowest BCUT2D eigenvalue weighted by molar-refractivity contribution is -0.115. The van der Waals surface area contributed by atoms with Crippen molar-refractivity contribution in [2.24, 2.45) is 0 Å². The highest BCUT2D eigenvalue weighted by Crippen LogP contribution is 2.29. The number of aromatic nitrogens is 1. The van der Waals surface area contributed by atoms with Crippen molar-refractivity contribution in [3.05, 3.63) is 60.3 Å². The lowest BCUT2D eigenvalue weighted by atomic mass is 10.1. The maximum absolute atomic E-state index is 12.3. The molecule has 1 N–H and O–H groups in total. The number of methoxy groups -OCH3 is 2. The summed E-state index contributed by atoms with van der Waals surface area (Å²) in [6.45, 7) is 0. The van der Waals surface area contributed by atoms with Crippen molar-refractivity contribution in [3.63, 3.8) is 0 Å². The summed E-state index contributed by atoms with van der Waals surface area (Å²) < 4.78 is 15.6. The second-order valence-electron chi connectivity index (χ2n) is 5.35. The molecule has 0 atom stereocenters.